The van der Waals surface area contributed by atoms with E-state index in [0.717, 1.165) is 5.69 Å². The number of esters is 1. The highest BCUT2D eigenvalue weighted by molar-refractivity contribution is 5.69. The Balaban J connectivity index is 2.70. The van der Waals surface area contributed by atoms with E-state index in [1.54, 1.807) is 11.5 Å². The molecule has 0 spiro atoms. The molecule has 0 fully saturated rings. The zero-order chi connectivity index (χ0) is 12.3. The van der Waals surface area contributed by atoms with E-state index < -0.39 is 5.60 Å². The molecule has 1 aromatic heterocycles. The SMILES string of the molecule is Cc1ncn(CC(=O)OC(C)(C)C)c1CO. The summed E-state index contributed by atoms with van der Waals surface area (Å²) >= 11 is 0. The van der Waals surface area contributed by atoms with E-state index in [9.17, 15) is 4.79 Å². The maximum atomic E-state index is 11.6. The minimum absolute atomic E-state index is 0.0774. The van der Waals surface area contributed by atoms with Crippen LogP contribution in [0.5, 0.6) is 0 Å². The lowest BCUT2D eigenvalue weighted by molar-refractivity contribution is -0.155. The van der Waals surface area contributed by atoms with Crippen LogP contribution < -0.4 is 0 Å². The van der Waals surface area contributed by atoms with Crippen LogP contribution in [-0.2, 0) is 22.7 Å². The molecule has 1 heterocycles. The number of carbonyl (C=O) groups is 1. The van der Waals surface area contributed by atoms with E-state index in [0.29, 0.717) is 5.69 Å². The third-order valence-electron chi connectivity index (χ3n) is 2.02. The lowest BCUT2D eigenvalue weighted by atomic mass is 10.2. The molecule has 0 radical (unpaired) electrons. The number of imidazole rings is 1. The highest BCUT2D eigenvalue weighted by Gasteiger charge is 2.17. The van der Waals surface area contributed by atoms with Crippen molar-refractivity contribution in [3.05, 3.63) is 17.7 Å². The van der Waals surface area contributed by atoms with Gasteiger partial charge in [0.1, 0.15) is 12.1 Å². The van der Waals surface area contributed by atoms with Crippen LogP contribution in [0.15, 0.2) is 6.33 Å². The van der Waals surface area contributed by atoms with Crippen molar-refractivity contribution in [2.75, 3.05) is 0 Å². The summed E-state index contributed by atoms with van der Waals surface area (Å²) in [6.45, 7) is 7.19. The van der Waals surface area contributed by atoms with Crippen LogP contribution in [0.4, 0.5) is 0 Å². The van der Waals surface area contributed by atoms with Gasteiger partial charge in [0.2, 0.25) is 0 Å². The Labute approximate surface area is 95.1 Å². The van der Waals surface area contributed by atoms with Crippen molar-refractivity contribution < 1.29 is 14.6 Å². The number of hydrogen-bond donors (Lipinski definition) is 1. The fourth-order valence-corrected chi connectivity index (χ4v) is 1.36. The monoisotopic (exact) mass is 226 g/mol. The first-order valence-electron chi connectivity index (χ1n) is 5.17. The zero-order valence-electron chi connectivity index (χ0n) is 10.1. The number of nitrogens with zero attached hydrogens (tertiary/aromatic N) is 2. The molecule has 0 atom stereocenters. The van der Waals surface area contributed by atoms with E-state index in [4.69, 9.17) is 9.84 Å². The topological polar surface area (TPSA) is 64.4 Å². The first kappa shape index (κ1) is 12.7. The predicted molar refractivity (Wildman–Crippen MR) is 58.7 cm³/mol. The second-order valence-corrected chi connectivity index (χ2v) is 4.65. The Bertz CT molecular complexity index is 377. The first-order chi connectivity index (χ1) is 7.33. The van der Waals surface area contributed by atoms with E-state index in [-0.39, 0.29) is 19.1 Å². The molecule has 0 saturated carbocycles. The highest BCUT2D eigenvalue weighted by Crippen LogP contribution is 2.10. The number of ether oxygens (including phenoxy) is 1. The number of carbonyl (C=O) groups excluding carboxylic acids is 1. The summed E-state index contributed by atoms with van der Waals surface area (Å²) in [7, 11) is 0. The summed E-state index contributed by atoms with van der Waals surface area (Å²) in [5.74, 6) is -0.334. The Morgan fingerprint density at radius 1 is 1.56 bits per heavy atom. The molecule has 0 aliphatic heterocycles. The summed E-state index contributed by atoms with van der Waals surface area (Å²) in [4.78, 5) is 15.6. The Morgan fingerprint density at radius 3 is 2.69 bits per heavy atom. The van der Waals surface area contributed by atoms with Crippen molar-refractivity contribution in [1.29, 1.82) is 0 Å². The summed E-state index contributed by atoms with van der Waals surface area (Å²) in [6, 6.07) is 0. The molecule has 1 N–H and O–H groups in total. The average molecular weight is 226 g/mol. The van der Waals surface area contributed by atoms with Gasteiger partial charge in [-0.15, -0.1) is 0 Å². The van der Waals surface area contributed by atoms with Gasteiger partial charge in [-0.2, -0.15) is 0 Å². The van der Waals surface area contributed by atoms with Crippen molar-refractivity contribution in [1.82, 2.24) is 9.55 Å². The van der Waals surface area contributed by atoms with E-state index in [2.05, 4.69) is 4.98 Å². The van der Waals surface area contributed by atoms with Crippen LogP contribution in [0.2, 0.25) is 0 Å². The summed E-state index contributed by atoms with van der Waals surface area (Å²) in [5, 5.41) is 9.12. The second-order valence-electron chi connectivity index (χ2n) is 4.65. The van der Waals surface area contributed by atoms with Crippen molar-refractivity contribution in [2.24, 2.45) is 0 Å². The molecule has 0 aliphatic carbocycles. The third-order valence-corrected chi connectivity index (χ3v) is 2.02. The van der Waals surface area contributed by atoms with Gasteiger partial charge >= 0.3 is 5.97 Å². The van der Waals surface area contributed by atoms with Gasteiger partial charge in [-0.3, -0.25) is 4.79 Å². The summed E-state index contributed by atoms with van der Waals surface area (Å²) in [6.07, 6.45) is 1.53. The van der Waals surface area contributed by atoms with Crippen molar-refractivity contribution in [3.63, 3.8) is 0 Å². The van der Waals surface area contributed by atoms with Gasteiger partial charge in [0.25, 0.3) is 0 Å². The van der Waals surface area contributed by atoms with Gasteiger partial charge < -0.3 is 14.4 Å². The average Bonchev–Trinajstić information content (AvgIpc) is 2.43. The molecule has 5 nitrogen and oxygen atoms in total. The molecule has 0 amide bonds. The molecule has 0 unspecified atom stereocenters. The smallest absolute Gasteiger partial charge is 0.326 e. The minimum atomic E-state index is -0.494. The second kappa shape index (κ2) is 4.65. The molecule has 5 heteroatoms. The Morgan fingerprint density at radius 2 is 2.19 bits per heavy atom. The van der Waals surface area contributed by atoms with Crippen molar-refractivity contribution >= 4 is 5.97 Å². The predicted octanol–water partition coefficient (Wildman–Crippen LogP) is 1.03. The number of aromatic nitrogens is 2. The lowest BCUT2D eigenvalue weighted by Crippen LogP contribution is -2.26. The van der Waals surface area contributed by atoms with Gasteiger partial charge in [-0.25, -0.2) is 4.98 Å². The van der Waals surface area contributed by atoms with Gasteiger partial charge in [0.15, 0.2) is 0 Å². The molecule has 0 aromatic carbocycles. The molecule has 0 aliphatic rings. The van der Waals surface area contributed by atoms with Crippen LogP contribution in [-0.4, -0.2) is 26.2 Å². The maximum absolute atomic E-state index is 11.6. The summed E-state index contributed by atoms with van der Waals surface area (Å²) in [5.41, 5.74) is 0.878. The van der Waals surface area contributed by atoms with Crippen LogP contribution in [0.1, 0.15) is 32.2 Å². The standard InChI is InChI=1S/C11H18N2O3/c1-8-9(6-14)13(7-12-8)5-10(15)16-11(2,3)4/h7,14H,5-6H2,1-4H3. The summed E-state index contributed by atoms with van der Waals surface area (Å²) < 4.78 is 6.78. The quantitative estimate of drug-likeness (QED) is 0.782. The zero-order valence-corrected chi connectivity index (χ0v) is 10.1. The molecule has 1 aromatic rings. The van der Waals surface area contributed by atoms with Crippen LogP contribution >= 0.6 is 0 Å². The Kier molecular flexibility index (Phi) is 3.70. The molecule has 0 bridgehead atoms. The fourth-order valence-electron chi connectivity index (χ4n) is 1.36. The van der Waals surface area contributed by atoms with Gasteiger partial charge in [0.05, 0.1) is 24.3 Å². The van der Waals surface area contributed by atoms with Gasteiger partial charge in [-0.05, 0) is 27.7 Å². The number of aliphatic hydroxyl groups is 1. The van der Waals surface area contributed by atoms with E-state index >= 15 is 0 Å². The Hall–Kier alpha value is -1.36. The number of hydrogen-bond acceptors (Lipinski definition) is 4. The number of aryl methyl sites for hydroxylation is 1. The highest BCUT2D eigenvalue weighted by atomic mass is 16.6. The molecule has 0 saturated heterocycles. The first-order valence-corrected chi connectivity index (χ1v) is 5.17. The molecular formula is C11H18N2O3. The van der Waals surface area contributed by atoms with Crippen molar-refractivity contribution in [2.45, 2.75) is 46.4 Å². The lowest BCUT2D eigenvalue weighted by Gasteiger charge is -2.19. The minimum Gasteiger partial charge on any atom is -0.459 e. The van der Waals surface area contributed by atoms with E-state index in [1.807, 2.05) is 20.8 Å². The largest absolute Gasteiger partial charge is 0.459 e. The molecular weight excluding hydrogens is 208 g/mol. The van der Waals surface area contributed by atoms with Crippen molar-refractivity contribution in [3.8, 4) is 0 Å². The van der Waals surface area contributed by atoms with Crippen LogP contribution in [0.25, 0.3) is 0 Å². The number of rotatable bonds is 3. The van der Waals surface area contributed by atoms with E-state index in [1.165, 1.54) is 6.33 Å². The normalized spacial score (nSPS) is 11.6. The van der Waals surface area contributed by atoms with Crippen LogP contribution in [0, 0.1) is 6.92 Å². The van der Waals surface area contributed by atoms with Crippen LogP contribution in [0.3, 0.4) is 0 Å². The molecule has 16 heavy (non-hydrogen) atoms. The maximum Gasteiger partial charge on any atom is 0.326 e. The molecule has 90 valence electrons. The van der Waals surface area contributed by atoms with Gasteiger partial charge in [0, 0.05) is 0 Å². The van der Waals surface area contributed by atoms with Gasteiger partial charge in [-0.1, -0.05) is 0 Å². The fraction of sp³-hybridized carbons (Fsp3) is 0.636. The third kappa shape index (κ3) is 3.34. The number of aliphatic hydroxyl groups excluding tert-OH is 1. The molecule has 1 rings (SSSR count).